The van der Waals surface area contributed by atoms with Crippen molar-refractivity contribution < 1.29 is 0 Å². The Hall–Kier alpha value is -1.25. The Morgan fingerprint density at radius 3 is 3.25 bits per heavy atom. The van der Waals surface area contributed by atoms with Gasteiger partial charge in [-0.15, -0.1) is 10.2 Å². The topological polar surface area (TPSA) is 37.1 Å². The molecule has 1 aliphatic heterocycles. The number of hydrogen-bond donors (Lipinski definition) is 0. The van der Waals surface area contributed by atoms with Crippen LogP contribution in [0.3, 0.4) is 0 Å². The molecule has 0 aromatic carbocycles. The van der Waals surface area contributed by atoms with Crippen LogP contribution in [-0.4, -0.2) is 6.21 Å². The third-order valence-electron chi connectivity index (χ3n) is 0.589. The summed E-state index contributed by atoms with van der Waals surface area (Å²) < 4.78 is 0. The van der Waals surface area contributed by atoms with E-state index in [1.807, 2.05) is 0 Å². The van der Waals surface area contributed by atoms with E-state index in [9.17, 15) is 0 Å². The Kier molecular flexibility index (Phi) is 1.74. The zero-order valence-electron chi connectivity index (χ0n) is 4.15. The molecule has 0 unspecified atom stereocenters. The molecule has 0 saturated carbocycles. The first-order valence-electron chi connectivity index (χ1n) is 2.17. The van der Waals surface area contributed by atoms with E-state index in [0.717, 1.165) is 0 Å². The molecule has 0 atom stereocenters. The molecule has 3 nitrogen and oxygen atoms in total. The summed E-state index contributed by atoms with van der Waals surface area (Å²) in [5.41, 5.74) is 0. The molecule has 0 aliphatic carbocycles. The Morgan fingerprint density at radius 2 is 2.25 bits per heavy atom. The molecule has 0 aromatic rings. The highest BCUT2D eigenvalue weighted by Gasteiger charge is 1.68. The van der Waals surface area contributed by atoms with Crippen molar-refractivity contribution >= 4 is 6.21 Å². The van der Waals surface area contributed by atoms with Gasteiger partial charge < -0.3 is 0 Å². The third kappa shape index (κ3) is 1.47. The van der Waals surface area contributed by atoms with E-state index in [1.165, 1.54) is 0 Å². The van der Waals surface area contributed by atoms with Crippen LogP contribution in [0.25, 0.3) is 0 Å². The molecule has 0 aromatic heterocycles. The smallest absolute Gasteiger partial charge is 0.115 e. The van der Waals surface area contributed by atoms with Crippen LogP contribution in [0.2, 0.25) is 0 Å². The van der Waals surface area contributed by atoms with Gasteiger partial charge in [-0.1, -0.05) is 6.08 Å². The second kappa shape index (κ2) is 2.85. The molecule has 1 rings (SSSR count). The standard InChI is InChI=1S/C5H4N3/c1-2-4-6-8-7-5-3-1/h1-4H/b2-1?,3-1-,4-2-,5-3?,6-4?,7-5?,8-6-,8-7?. The van der Waals surface area contributed by atoms with Gasteiger partial charge in [-0.2, -0.15) is 0 Å². The van der Waals surface area contributed by atoms with Crippen LogP contribution >= 0.6 is 0 Å². The zero-order valence-corrected chi connectivity index (χ0v) is 4.15. The van der Waals surface area contributed by atoms with Crippen molar-refractivity contribution in [3.05, 3.63) is 24.4 Å². The average molecular weight is 106 g/mol. The Balaban J connectivity index is 2.67. The zero-order chi connectivity index (χ0) is 5.66. The Bertz CT molecular complexity index is 109. The quantitative estimate of drug-likeness (QED) is 0.447. The van der Waals surface area contributed by atoms with E-state index >= 15 is 0 Å². The predicted octanol–water partition coefficient (Wildman–Crippen LogP) is 1.38. The second-order valence-electron chi connectivity index (χ2n) is 1.13. The normalized spacial score (nSPS) is 32.0. The summed E-state index contributed by atoms with van der Waals surface area (Å²) in [6, 6.07) is 0. The number of rotatable bonds is 0. The molecule has 8 heavy (non-hydrogen) atoms. The fourth-order valence-electron chi connectivity index (χ4n) is 0.302. The third-order valence-corrected chi connectivity index (χ3v) is 0.589. The van der Waals surface area contributed by atoms with Gasteiger partial charge >= 0.3 is 0 Å². The second-order valence-corrected chi connectivity index (χ2v) is 1.13. The molecule has 0 spiro atoms. The van der Waals surface area contributed by atoms with Crippen LogP contribution < -0.4 is 0 Å². The maximum atomic E-state index is 3.49. The molecule has 0 saturated heterocycles. The summed E-state index contributed by atoms with van der Waals surface area (Å²) in [5, 5.41) is 10.2. The maximum Gasteiger partial charge on any atom is 0.115 e. The molecule has 0 bridgehead atoms. The van der Waals surface area contributed by atoms with Crippen molar-refractivity contribution in [3.63, 3.8) is 0 Å². The van der Waals surface area contributed by atoms with Crippen LogP contribution in [0.15, 0.2) is 39.9 Å². The van der Waals surface area contributed by atoms with Crippen LogP contribution in [0.5, 0.6) is 0 Å². The summed E-state index contributed by atoms with van der Waals surface area (Å²) in [5.74, 6) is 0. The molecular weight excluding hydrogens is 102 g/mol. The van der Waals surface area contributed by atoms with Crippen molar-refractivity contribution in [2.45, 2.75) is 0 Å². The average Bonchev–Trinajstić information content (AvgIpc) is 1.62. The van der Waals surface area contributed by atoms with E-state index in [1.54, 1.807) is 24.4 Å². The summed E-state index contributed by atoms with van der Waals surface area (Å²) in [6.07, 6.45) is 9.27. The minimum Gasteiger partial charge on any atom is -0.139 e. The van der Waals surface area contributed by atoms with E-state index in [-0.39, 0.29) is 0 Å². The summed E-state index contributed by atoms with van der Waals surface area (Å²) >= 11 is 0. The lowest BCUT2D eigenvalue weighted by atomic mass is 10.5. The van der Waals surface area contributed by atoms with Gasteiger partial charge in [-0.25, -0.2) is 0 Å². The van der Waals surface area contributed by atoms with E-state index in [2.05, 4.69) is 21.7 Å². The van der Waals surface area contributed by atoms with E-state index in [0.29, 0.717) is 0 Å². The first kappa shape index (κ1) is 4.90. The van der Waals surface area contributed by atoms with Crippen molar-refractivity contribution in [2.75, 3.05) is 0 Å². The molecular formula is C5H4N3. The highest BCUT2D eigenvalue weighted by atomic mass is 15.3. The maximum absolute atomic E-state index is 3.49. The van der Waals surface area contributed by atoms with E-state index < -0.39 is 0 Å². The van der Waals surface area contributed by atoms with Crippen molar-refractivity contribution in [3.8, 4) is 0 Å². The largest absolute Gasteiger partial charge is 0.139 e. The van der Waals surface area contributed by atoms with Gasteiger partial charge in [0.05, 0.1) is 6.20 Å². The highest BCUT2D eigenvalue weighted by molar-refractivity contribution is 5.71. The molecule has 1 heterocycles. The SMILES string of the molecule is [C]1=N\N=N/C=C\C=C/1. The van der Waals surface area contributed by atoms with Gasteiger partial charge in [0.25, 0.3) is 0 Å². The molecule has 0 fully saturated rings. The molecule has 3 heteroatoms. The lowest BCUT2D eigenvalue weighted by Crippen LogP contribution is -1.62. The monoisotopic (exact) mass is 106 g/mol. The minimum atomic E-state index is 1.56. The molecule has 0 N–H and O–H groups in total. The van der Waals surface area contributed by atoms with Crippen LogP contribution in [0.4, 0.5) is 0 Å². The minimum absolute atomic E-state index is 1.56. The lowest BCUT2D eigenvalue weighted by molar-refractivity contribution is 1.06. The van der Waals surface area contributed by atoms with Crippen molar-refractivity contribution in [1.82, 2.24) is 0 Å². The first-order valence-corrected chi connectivity index (χ1v) is 2.17. The van der Waals surface area contributed by atoms with Gasteiger partial charge in [0.1, 0.15) is 6.21 Å². The van der Waals surface area contributed by atoms with Crippen LogP contribution in [-0.2, 0) is 0 Å². The summed E-state index contributed by atoms with van der Waals surface area (Å²) in [4.78, 5) is 0. The molecule has 1 radical (unpaired) electrons. The Labute approximate surface area is 47.1 Å². The van der Waals surface area contributed by atoms with Crippen molar-refractivity contribution in [1.29, 1.82) is 0 Å². The van der Waals surface area contributed by atoms with Gasteiger partial charge in [-0.05, 0) is 17.4 Å². The van der Waals surface area contributed by atoms with Crippen LogP contribution in [0, 0.1) is 0 Å². The predicted molar refractivity (Wildman–Crippen MR) is 30.6 cm³/mol. The summed E-state index contributed by atoms with van der Waals surface area (Å²) in [7, 11) is 0. The number of hydrogen-bond acceptors (Lipinski definition) is 3. The fraction of sp³-hybridized carbons (Fsp3) is 0. The number of allylic oxidation sites excluding steroid dienone is 3. The van der Waals surface area contributed by atoms with Gasteiger partial charge in [0.15, 0.2) is 0 Å². The van der Waals surface area contributed by atoms with Crippen LogP contribution in [0.1, 0.15) is 0 Å². The van der Waals surface area contributed by atoms with Crippen molar-refractivity contribution in [2.24, 2.45) is 15.4 Å². The molecule has 1 aliphatic rings. The lowest BCUT2D eigenvalue weighted by Gasteiger charge is -1.74. The highest BCUT2D eigenvalue weighted by Crippen LogP contribution is 1.84. The molecule has 0 amide bonds. The van der Waals surface area contributed by atoms with E-state index in [4.69, 9.17) is 0 Å². The fourth-order valence-corrected chi connectivity index (χ4v) is 0.302. The molecule has 39 valence electrons. The Morgan fingerprint density at radius 1 is 1.25 bits per heavy atom. The number of nitrogens with zero attached hydrogens (tertiary/aromatic N) is 3. The van der Waals surface area contributed by atoms with Gasteiger partial charge in [0, 0.05) is 0 Å². The van der Waals surface area contributed by atoms with Gasteiger partial charge in [-0.3, -0.25) is 0 Å². The van der Waals surface area contributed by atoms with Gasteiger partial charge in [0.2, 0.25) is 0 Å². The first-order chi connectivity index (χ1) is 4.00. The summed E-state index contributed by atoms with van der Waals surface area (Å²) in [6.45, 7) is 0.